The number of hydrogen-bond donors (Lipinski definition) is 1. The first-order valence-electron chi connectivity index (χ1n) is 6.58. The molecule has 20 heavy (non-hydrogen) atoms. The number of aryl methyl sites for hydroxylation is 1. The molecule has 1 unspecified atom stereocenters. The van der Waals surface area contributed by atoms with Gasteiger partial charge in [-0.05, 0) is 18.1 Å². The molecule has 0 spiro atoms. The number of aliphatic carboxylic acids is 1. The average molecular weight is 286 g/mol. The summed E-state index contributed by atoms with van der Waals surface area (Å²) in [5, 5.41) is 9.35. The van der Waals surface area contributed by atoms with Gasteiger partial charge in [0, 0.05) is 11.5 Å². The molecule has 2 aromatic rings. The van der Waals surface area contributed by atoms with Crippen LogP contribution < -0.4 is 0 Å². The molecule has 1 atom stereocenters. The lowest BCUT2D eigenvalue weighted by Gasteiger charge is -2.12. The molecule has 0 aliphatic rings. The lowest BCUT2D eigenvalue weighted by Crippen LogP contribution is -2.14. The van der Waals surface area contributed by atoms with Crippen LogP contribution in [-0.4, -0.2) is 16.8 Å². The Hall–Kier alpha value is -1.74. The van der Waals surface area contributed by atoms with Crippen LogP contribution >= 0.6 is 11.8 Å². The summed E-state index contributed by atoms with van der Waals surface area (Å²) in [6.07, 6.45) is 0. The molecule has 0 bridgehead atoms. The van der Waals surface area contributed by atoms with Crippen LogP contribution in [0.5, 0.6) is 0 Å². The van der Waals surface area contributed by atoms with Crippen LogP contribution in [0.15, 0.2) is 54.6 Å². The standard InChI is InChI=1S/C17H18O2S/c1-13-6-5-7-14(10-13)11-20-12-16(17(18)19)15-8-3-2-4-9-15/h2-10,16H,11-12H2,1H3,(H,18,19). The first-order chi connectivity index (χ1) is 9.66. The van der Waals surface area contributed by atoms with Gasteiger partial charge in [0.1, 0.15) is 0 Å². The fourth-order valence-corrected chi connectivity index (χ4v) is 3.20. The lowest BCUT2D eigenvalue weighted by atomic mass is 10.0. The second kappa shape index (κ2) is 7.15. The van der Waals surface area contributed by atoms with Crippen molar-refractivity contribution in [3.63, 3.8) is 0 Å². The summed E-state index contributed by atoms with van der Waals surface area (Å²) in [4.78, 5) is 11.4. The van der Waals surface area contributed by atoms with E-state index in [4.69, 9.17) is 0 Å². The van der Waals surface area contributed by atoms with E-state index in [1.807, 2.05) is 36.4 Å². The molecule has 0 saturated heterocycles. The zero-order valence-corrected chi connectivity index (χ0v) is 12.3. The van der Waals surface area contributed by atoms with E-state index in [0.717, 1.165) is 11.3 Å². The van der Waals surface area contributed by atoms with E-state index in [0.29, 0.717) is 5.75 Å². The van der Waals surface area contributed by atoms with Crippen LogP contribution in [0.3, 0.4) is 0 Å². The molecule has 0 saturated carbocycles. The minimum Gasteiger partial charge on any atom is -0.481 e. The van der Waals surface area contributed by atoms with Gasteiger partial charge in [-0.1, -0.05) is 60.2 Å². The minimum atomic E-state index is -0.757. The third-order valence-electron chi connectivity index (χ3n) is 3.14. The Morgan fingerprint density at radius 3 is 2.55 bits per heavy atom. The third-order valence-corrected chi connectivity index (χ3v) is 4.24. The molecule has 3 heteroatoms. The number of hydrogen-bond acceptors (Lipinski definition) is 2. The highest BCUT2D eigenvalue weighted by Crippen LogP contribution is 2.23. The predicted molar refractivity (Wildman–Crippen MR) is 84.2 cm³/mol. The maximum atomic E-state index is 11.4. The van der Waals surface area contributed by atoms with Crippen LogP contribution in [0, 0.1) is 6.92 Å². The zero-order valence-electron chi connectivity index (χ0n) is 11.5. The number of carboxylic acid groups (broad SMARTS) is 1. The molecule has 0 radical (unpaired) electrons. The molecule has 0 fully saturated rings. The van der Waals surface area contributed by atoms with Crippen molar-refractivity contribution in [1.29, 1.82) is 0 Å². The van der Waals surface area contributed by atoms with Gasteiger partial charge in [-0.2, -0.15) is 11.8 Å². The molecular weight excluding hydrogens is 268 g/mol. The quantitative estimate of drug-likeness (QED) is 0.868. The highest BCUT2D eigenvalue weighted by atomic mass is 32.2. The summed E-state index contributed by atoms with van der Waals surface area (Å²) >= 11 is 1.67. The largest absolute Gasteiger partial charge is 0.481 e. The summed E-state index contributed by atoms with van der Waals surface area (Å²) in [6.45, 7) is 2.07. The van der Waals surface area contributed by atoms with E-state index in [1.165, 1.54) is 11.1 Å². The van der Waals surface area contributed by atoms with Crippen molar-refractivity contribution in [3.8, 4) is 0 Å². The SMILES string of the molecule is Cc1cccc(CSCC(C(=O)O)c2ccccc2)c1. The number of carbonyl (C=O) groups is 1. The van der Waals surface area contributed by atoms with Crippen molar-refractivity contribution in [1.82, 2.24) is 0 Å². The molecule has 2 aromatic carbocycles. The van der Waals surface area contributed by atoms with Crippen LogP contribution in [0.2, 0.25) is 0 Å². The van der Waals surface area contributed by atoms with Gasteiger partial charge in [0.25, 0.3) is 0 Å². The summed E-state index contributed by atoms with van der Waals surface area (Å²) in [5.41, 5.74) is 3.35. The fourth-order valence-electron chi connectivity index (χ4n) is 2.09. The normalized spacial score (nSPS) is 12.1. The number of benzene rings is 2. The summed E-state index contributed by atoms with van der Waals surface area (Å²) in [6, 6.07) is 17.8. The molecule has 2 rings (SSSR count). The van der Waals surface area contributed by atoms with Crippen molar-refractivity contribution >= 4 is 17.7 Å². The minimum absolute atomic E-state index is 0.439. The van der Waals surface area contributed by atoms with Crippen molar-refractivity contribution in [3.05, 3.63) is 71.3 Å². The number of carboxylic acids is 1. The second-order valence-corrected chi connectivity index (χ2v) is 5.84. The number of rotatable bonds is 6. The molecule has 1 N–H and O–H groups in total. The van der Waals surface area contributed by atoms with E-state index >= 15 is 0 Å². The third kappa shape index (κ3) is 4.14. The van der Waals surface area contributed by atoms with E-state index in [1.54, 1.807) is 11.8 Å². The van der Waals surface area contributed by atoms with Crippen LogP contribution in [0.4, 0.5) is 0 Å². The average Bonchev–Trinajstić information content (AvgIpc) is 2.44. The Morgan fingerprint density at radius 2 is 1.90 bits per heavy atom. The molecule has 104 valence electrons. The molecule has 0 aliphatic carbocycles. The van der Waals surface area contributed by atoms with Crippen LogP contribution in [-0.2, 0) is 10.5 Å². The van der Waals surface area contributed by atoms with Gasteiger partial charge >= 0.3 is 5.97 Å². The van der Waals surface area contributed by atoms with E-state index in [2.05, 4.69) is 25.1 Å². The highest BCUT2D eigenvalue weighted by molar-refractivity contribution is 7.98. The Bertz CT molecular complexity index is 566. The molecule has 2 nitrogen and oxygen atoms in total. The maximum absolute atomic E-state index is 11.4. The first kappa shape index (κ1) is 14.7. The predicted octanol–water partition coefficient (Wildman–Crippen LogP) is 4.10. The highest BCUT2D eigenvalue weighted by Gasteiger charge is 2.19. The fraction of sp³-hybridized carbons (Fsp3) is 0.235. The van der Waals surface area contributed by atoms with Crippen LogP contribution in [0.25, 0.3) is 0 Å². The summed E-state index contributed by atoms with van der Waals surface area (Å²) < 4.78 is 0. The molecule has 0 amide bonds. The Kier molecular flexibility index (Phi) is 5.24. The van der Waals surface area contributed by atoms with Gasteiger partial charge in [-0.15, -0.1) is 0 Å². The molecular formula is C17H18O2S. The van der Waals surface area contributed by atoms with Gasteiger partial charge in [0.05, 0.1) is 5.92 Å². The lowest BCUT2D eigenvalue weighted by molar-refractivity contribution is -0.138. The maximum Gasteiger partial charge on any atom is 0.311 e. The van der Waals surface area contributed by atoms with Gasteiger partial charge in [0.15, 0.2) is 0 Å². The van der Waals surface area contributed by atoms with Gasteiger partial charge < -0.3 is 5.11 Å². The summed E-state index contributed by atoms with van der Waals surface area (Å²) in [7, 11) is 0. The number of thioether (sulfide) groups is 1. The Labute approximate surface area is 123 Å². The van der Waals surface area contributed by atoms with Gasteiger partial charge in [0.2, 0.25) is 0 Å². The zero-order chi connectivity index (χ0) is 14.4. The van der Waals surface area contributed by atoms with Crippen molar-refractivity contribution in [2.24, 2.45) is 0 Å². The van der Waals surface area contributed by atoms with Crippen molar-refractivity contribution in [2.45, 2.75) is 18.6 Å². The first-order valence-corrected chi connectivity index (χ1v) is 7.73. The topological polar surface area (TPSA) is 37.3 Å². The van der Waals surface area contributed by atoms with Crippen molar-refractivity contribution < 1.29 is 9.90 Å². The molecule has 0 heterocycles. The molecule has 0 aromatic heterocycles. The summed E-state index contributed by atoms with van der Waals surface area (Å²) in [5.74, 6) is 0.241. The van der Waals surface area contributed by atoms with E-state index in [-0.39, 0.29) is 0 Å². The van der Waals surface area contributed by atoms with Gasteiger partial charge in [-0.3, -0.25) is 4.79 Å². The monoisotopic (exact) mass is 286 g/mol. The van der Waals surface area contributed by atoms with Crippen molar-refractivity contribution in [2.75, 3.05) is 5.75 Å². The Balaban J connectivity index is 1.95. The van der Waals surface area contributed by atoms with E-state index < -0.39 is 11.9 Å². The Morgan fingerprint density at radius 1 is 1.15 bits per heavy atom. The van der Waals surface area contributed by atoms with Gasteiger partial charge in [-0.25, -0.2) is 0 Å². The molecule has 0 aliphatic heterocycles. The second-order valence-electron chi connectivity index (χ2n) is 4.81. The van der Waals surface area contributed by atoms with Crippen LogP contribution in [0.1, 0.15) is 22.6 Å². The smallest absolute Gasteiger partial charge is 0.311 e. The van der Waals surface area contributed by atoms with E-state index in [9.17, 15) is 9.90 Å².